The van der Waals surface area contributed by atoms with E-state index in [1.54, 1.807) is 0 Å². The number of nitrogens with two attached hydrogens (primary N) is 1. The van der Waals surface area contributed by atoms with E-state index in [2.05, 4.69) is 0 Å². The van der Waals surface area contributed by atoms with E-state index in [4.69, 9.17) is 10.5 Å². The highest BCUT2D eigenvalue weighted by atomic mass is 35.5. The Morgan fingerprint density at radius 3 is 2.65 bits per heavy atom. The quantitative estimate of drug-likeness (QED) is 0.856. The van der Waals surface area contributed by atoms with Crippen molar-refractivity contribution in [2.45, 2.75) is 25.8 Å². The van der Waals surface area contributed by atoms with Crippen molar-refractivity contribution >= 4 is 12.4 Å². The summed E-state index contributed by atoms with van der Waals surface area (Å²) in [7, 11) is 0. The number of phenolic OH excluding ortho intramolecular Hbond substituents is 1. The lowest BCUT2D eigenvalue weighted by atomic mass is 9.87. The van der Waals surface area contributed by atoms with Crippen molar-refractivity contribution in [2.75, 3.05) is 13.2 Å². The fraction of sp³-hybridized carbons (Fsp3) is 0.538. The monoisotopic (exact) mass is 257 g/mol. The summed E-state index contributed by atoms with van der Waals surface area (Å²) in [6, 6.07) is 5.69. The van der Waals surface area contributed by atoms with Gasteiger partial charge >= 0.3 is 0 Å². The molecule has 3 N–H and O–H groups in total. The van der Waals surface area contributed by atoms with E-state index in [1.807, 2.05) is 25.1 Å². The molecule has 1 aliphatic rings. The molecule has 17 heavy (non-hydrogen) atoms. The van der Waals surface area contributed by atoms with Crippen LogP contribution in [0.4, 0.5) is 0 Å². The van der Waals surface area contributed by atoms with Crippen molar-refractivity contribution in [1.29, 1.82) is 0 Å². The molecule has 1 saturated heterocycles. The van der Waals surface area contributed by atoms with Crippen molar-refractivity contribution in [3.63, 3.8) is 0 Å². The molecule has 96 valence electrons. The molecule has 4 heteroatoms. The molecule has 0 amide bonds. The SMILES string of the molecule is Cc1cccc([C@@H](N)C2CCOCC2)c1O.Cl. The standard InChI is InChI=1S/C13H19NO2.ClH/c1-9-3-2-4-11(13(9)15)12(14)10-5-7-16-8-6-10;/h2-4,10,12,15H,5-8,14H2,1H3;1H/t12-;/m0./s1. The highest BCUT2D eigenvalue weighted by Crippen LogP contribution is 2.34. The summed E-state index contributed by atoms with van der Waals surface area (Å²) in [5.74, 6) is 0.767. The molecule has 0 radical (unpaired) electrons. The highest BCUT2D eigenvalue weighted by Gasteiger charge is 2.24. The molecule has 1 fully saturated rings. The van der Waals surface area contributed by atoms with Crippen LogP contribution in [0, 0.1) is 12.8 Å². The smallest absolute Gasteiger partial charge is 0.123 e. The van der Waals surface area contributed by atoms with Gasteiger partial charge in [0.25, 0.3) is 0 Å². The number of halogens is 1. The number of aromatic hydroxyl groups is 1. The Morgan fingerprint density at radius 2 is 2.00 bits per heavy atom. The Hall–Kier alpha value is -0.770. The minimum atomic E-state index is -0.0798. The van der Waals surface area contributed by atoms with Crippen molar-refractivity contribution < 1.29 is 9.84 Å². The van der Waals surface area contributed by atoms with Crippen molar-refractivity contribution in [1.82, 2.24) is 0 Å². The minimum Gasteiger partial charge on any atom is -0.507 e. The van der Waals surface area contributed by atoms with Gasteiger partial charge in [-0.25, -0.2) is 0 Å². The normalized spacial score (nSPS) is 18.5. The van der Waals surface area contributed by atoms with Crippen LogP contribution in [0.25, 0.3) is 0 Å². The molecule has 0 bridgehead atoms. The van der Waals surface area contributed by atoms with Gasteiger partial charge in [-0.05, 0) is 31.2 Å². The molecule has 1 aliphatic heterocycles. The molecule has 0 aliphatic carbocycles. The van der Waals surface area contributed by atoms with Crippen LogP contribution < -0.4 is 5.73 Å². The Bertz CT molecular complexity index is 364. The maximum absolute atomic E-state index is 9.99. The summed E-state index contributed by atoms with van der Waals surface area (Å²) in [4.78, 5) is 0. The van der Waals surface area contributed by atoms with Crippen LogP contribution in [-0.4, -0.2) is 18.3 Å². The maximum atomic E-state index is 9.99. The topological polar surface area (TPSA) is 55.5 Å². The van der Waals surface area contributed by atoms with Gasteiger partial charge in [-0.1, -0.05) is 18.2 Å². The molecule has 3 nitrogen and oxygen atoms in total. The molecular weight excluding hydrogens is 238 g/mol. The van der Waals surface area contributed by atoms with Crippen LogP contribution in [-0.2, 0) is 4.74 Å². The summed E-state index contributed by atoms with van der Waals surface area (Å²) in [5.41, 5.74) is 7.98. The lowest BCUT2D eigenvalue weighted by molar-refractivity contribution is 0.0581. The Labute approximate surface area is 108 Å². The second-order valence-corrected chi connectivity index (χ2v) is 4.49. The summed E-state index contributed by atoms with van der Waals surface area (Å²) in [6.45, 7) is 3.46. The molecule has 2 rings (SSSR count). The van der Waals surface area contributed by atoms with Crippen LogP contribution in [0.5, 0.6) is 5.75 Å². The van der Waals surface area contributed by atoms with Crippen LogP contribution in [0.3, 0.4) is 0 Å². The second-order valence-electron chi connectivity index (χ2n) is 4.49. The fourth-order valence-electron chi connectivity index (χ4n) is 2.28. The van der Waals surface area contributed by atoms with E-state index in [0.29, 0.717) is 11.7 Å². The fourth-order valence-corrected chi connectivity index (χ4v) is 2.28. The second kappa shape index (κ2) is 6.24. The van der Waals surface area contributed by atoms with Gasteiger partial charge in [-0.3, -0.25) is 0 Å². The van der Waals surface area contributed by atoms with E-state index < -0.39 is 0 Å². The van der Waals surface area contributed by atoms with Gasteiger partial charge in [0.05, 0.1) is 0 Å². The molecule has 1 aromatic rings. The van der Waals surface area contributed by atoms with Crippen molar-refractivity contribution in [3.05, 3.63) is 29.3 Å². The summed E-state index contributed by atoms with van der Waals surface area (Å²) in [6.07, 6.45) is 1.96. The van der Waals surface area contributed by atoms with Gasteiger partial charge in [0.15, 0.2) is 0 Å². The summed E-state index contributed by atoms with van der Waals surface area (Å²) >= 11 is 0. The molecule has 1 aromatic carbocycles. The van der Waals surface area contributed by atoms with E-state index in [0.717, 1.165) is 37.2 Å². The molecule has 0 saturated carbocycles. The van der Waals surface area contributed by atoms with Gasteiger partial charge in [-0.2, -0.15) is 0 Å². The number of benzene rings is 1. The van der Waals surface area contributed by atoms with Crippen molar-refractivity contribution in [2.24, 2.45) is 11.7 Å². The first-order chi connectivity index (χ1) is 7.70. The first-order valence-corrected chi connectivity index (χ1v) is 5.82. The molecular formula is C13H20ClNO2. The van der Waals surface area contributed by atoms with Gasteiger partial charge in [-0.15, -0.1) is 12.4 Å². The van der Waals surface area contributed by atoms with Crippen LogP contribution in [0.1, 0.15) is 30.0 Å². The lowest BCUT2D eigenvalue weighted by Crippen LogP contribution is -2.27. The Morgan fingerprint density at radius 1 is 1.35 bits per heavy atom. The number of rotatable bonds is 2. The number of hydrogen-bond acceptors (Lipinski definition) is 3. The minimum absolute atomic E-state index is 0. The number of ether oxygens (including phenoxy) is 1. The number of para-hydroxylation sites is 1. The number of phenols is 1. The number of hydrogen-bond donors (Lipinski definition) is 2. The zero-order valence-corrected chi connectivity index (χ0v) is 10.9. The third kappa shape index (κ3) is 3.12. The van der Waals surface area contributed by atoms with E-state index >= 15 is 0 Å². The van der Waals surface area contributed by atoms with Gasteiger partial charge < -0.3 is 15.6 Å². The number of aryl methyl sites for hydroxylation is 1. The highest BCUT2D eigenvalue weighted by molar-refractivity contribution is 5.85. The molecule has 0 unspecified atom stereocenters. The predicted molar refractivity (Wildman–Crippen MR) is 70.6 cm³/mol. The molecule has 0 spiro atoms. The largest absolute Gasteiger partial charge is 0.507 e. The third-order valence-corrected chi connectivity index (χ3v) is 3.40. The Balaban J connectivity index is 0.00000144. The van der Waals surface area contributed by atoms with E-state index in [9.17, 15) is 5.11 Å². The van der Waals surface area contributed by atoms with Gasteiger partial charge in [0.1, 0.15) is 5.75 Å². The zero-order valence-electron chi connectivity index (χ0n) is 10.1. The van der Waals surface area contributed by atoms with Crippen molar-refractivity contribution in [3.8, 4) is 5.75 Å². The van der Waals surface area contributed by atoms with E-state index in [-0.39, 0.29) is 18.4 Å². The third-order valence-electron chi connectivity index (χ3n) is 3.40. The molecule has 1 atom stereocenters. The average Bonchev–Trinajstić information content (AvgIpc) is 2.33. The summed E-state index contributed by atoms with van der Waals surface area (Å²) in [5, 5.41) is 9.99. The van der Waals surface area contributed by atoms with Crippen LogP contribution in [0.2, 0.25) is 0 Å². The van der Waals surface area contributed by atoms with Crippen LogP contribution in [0.15, 0.2) is 18.2 Å². The van der Waals surface area contributed by atoms with Crippen LogP contribution >= 0.6 is 12.4 Å². The Kier molecular flexibility index (Phi) is 5.25. The first kappa shape index (κ1) is 14.3. The molecule has 1 heterocycles. The van der Waals surface area contributed by atoms with E-state index in [1.165, 1.54) is 0 Å². The predicted octanol–water partition coefficient (Wildman–Crippen LogP) is 2.55. The summed E-state index contributed by atoms with van der Waals surface area (Å²) < 4.78 is 5.32. The average molecular weight is 258 g/mol. The maximum Gasteiger partial charge on any atom is 0.123 e. The van der Waals surface area contributed by atoms with Gasteiger partial charge in [0.2, 0.25) is 0 Å². The lowest BCUT2D eigenvalue weighted by Gasteiger charge is -2.28. The van der Waals surface area contributed by atoms with Gasteiger partial charge in [0, 0.05) is 24.8 Å². The zero-order chi connectivity index (χ0) is 11.5. The molecule has 0 aromatic heterocycles. The first-order valence-electron chi connectivity index (χ1n) is 5.82.